The minimum Gasteiger partial charge on any atom is -0.289 e. The van der Waals surface area contributed by atoms with Gasteiger partial charge in [-0.25, -0.2) is 9.18 Å². The van der Waals surface area contributed by atoms with Crippen molar-refractivity contribution >= 4 is 27.7 Å². The summed E-state index contributed by atoms with van der Waals surface area (Å²) in [5.74, 6) is -1.19. The van der Waals surface area contributed by atoms with Crippen molar-refractivity contribution < 1.29 is 26.6 Å². The lowest BCUT2D eigenvalue weighted by atomic mass is 10.2. The standard InChI is InChI=1S/C11H12FN3O5S/c1-21(18,19)20-6-7-4-8(12)9(5-13-7)15-3-2-10(16)14-11(15)17/h4-5H,2-3,6H2,1H3,(H,14,16,17). The lowest BCUT2D eigenvalue weighted by Gasteiger charge is -2.26. The molecule has 0 saturated carbocycles. The van der Waals surface area contributed by atoms with Gasteiger partial charge in [0.15, 0.2) is 0 Å². The largest absolute Gasteiger partial charge is 0.328 e. The Kier molecular flexibility index (Phi) is 4.19. The molecule has 0 aliphatic carbocycles. The number of hydrogen-bond donors (Lipinski definition) is 1. The Morgan fingerprint density at radius 1 is 1.48 bits per heavy atom. The second-order valence-corrected chi connectivity index (χ2v) is 5.99. The molecule has 1 aliphatic heterocycles. The number of rotatable bonds is 4. The highest BCUT2D eigenvalue weighted by atomic mass is 32.2. The van der Waals surface area contributed by atoms with Gasteiger partial charge in [0.25, 0.3) is 10.1 Å². The first-order valence-electron chi connectivity index (χ1n) is 5.86. The van der Waals surface area contributed by atoms with E-state index in [0.29, 0.717) is 0 Å². The van der Waals surface area contributed by atoms with Gasteiger partial charge in [0, 0.05) is 13.0 Å². The van der Waals surface area contributed by atoms with Crippen molar-refractivity contribution in [2.75, 3.05) is 17.7 Å². The number of aromatic nitrogens is 1. The van der Waals surface area contributed by atoms with Crippen molar-refractivity contribution in [3.8, 4) is 0 Å². The van der Waals surface area contributed by atoms with Gasteiger partial charge in [-0.2, -0.15) is 8.42 Å². The van der Waals surface area contributed by atoms with Gasteiger partial charge < -0.3 is 0 Å². The summed E-state index contributed by atoms with van der Waals surface area (Å²) in [6, 6.07) is 0.247. The summed E-state index contributed by atoms with van der Waals surface area (Å²) in [5.41, 5.74) is -0.0294. The van der Waals surface area contributed by atoms with Crippen molar-refractivity contribution in [1.82, 2.24) is 10.3 Å². The van der Waals surface area contributed by atoms with Crippen molar-refractivity contribution in [2.45, 2.75) is 13.0 Å². The van der Waals surface area contributed by atoms with Crippen LogP contribution in [0.25, 0.3) is 0 Å². The fraction of sp³-hybridized carbons (Fsp3) is 0.364. The predicted molar refractivity (Wildman–Crippen MR) is 69.3 cm³/mol. The van der Waals surface area contributed by atoms with Gasteiger partial charge in [0.2, 0.25) is 5.91 Å². The molecule has 1 aliphatic rings. The van der Waals surface area contributed by atoms with Crippen LogP contribution in [0.15, 0.2) is 12.3 Å². The smallest absolute Gasteiger partial charge is 0.289 e. The summed E-state index contributed by atoms with van der Waals surface area (Å²) in [6.07, 6.45) is 2.02. The maximum absolute atomic E-state index is 14.0. The Labute approximate surface area is 120 Å². The number of carbonyl (C=O) groups is 2. The van der Waals surface area contributed by atoms with Crippen LogP contribution in [0.4, 0.5) is 14.9 Å². The van der Waals surface area contributed by atoms with Crippen LogP contribution < -0.4 is 10.2 Å². The first-order chi connectivity index (χ1) is 9.76. The summed E-state index contributed by atoms with van der Waals surface area (Å²) < 4.78 is 40.2. The fourth-order valence-electron chi connectivity index (χ4n) is 1.70. The highest BCUT2D eigenvalue weighted by Gasteiger charge is 2.26. The highest BCUT2D eigenvalue weighted by molar-refractivity contribution is 7.85. The number of nitrogens with one attached hydrogen (secondary N) is 1. The van der Waals surface area contributed by atoms with Crippen LogP contribution in [0.1, 0.15) is 12.1 Å². The molecule has 8 nitrogen and oxygen atoms in total. The van der Waals surface area contributed by atoms with Crippen LogP contribution in [0.5, 0.6) is 0 Å². The molecule has 1 aromatic heterocycles. The molecule has 10 heteroatoms. The highest BCUT2D eigenvalue weighted by Crippen LogP contribution is 2.21. The lowest BCUT2D eigenvalue weighted by Crippen LogP contribution is -2.50. The fourth-order valence-corrected chi connectivity index (χ4v) is 2.04. The normalized spacial score (nSPS) is 16.0. The topological polar surface area (TPSA) is 106 Å². The van der Waals surface area contributed by atoms with Crippen molar-refractivity contribution in [3.05, 3.63) is 23.8 Å². The molecule has 3 amide bonds. The van der Waals surface area contributed by atoms with E-state index in [0.717, 1.165) is 23.4 Å². The van der Waals surface area contributed by atoms with E-state index >= 15 is 0 Å². The van der Waals surface area contributed by atoms with Gasteiger partial charge in [-0.3, -0.25) is 24.2 Å². The van der Waals surface area contributed by atoms with E-state index in [1.54, 1.807) is 0 Å². The molecular weight excluding hydrogens is 305 g/mol. The van der Waals surface area contributed by atoms with Crippen LogP contribution in [-0.2, 0) is 25.7 Å². The van der Waals surface area contributed by atoms with Gasteiger partial charge in [0.1, 0.15) is 12.4 Å². The summed E-state index contributed by atoms with van der Waals surface area (Å²) in [7, 11) is -3.66. The molecule has 0 spiro atoms. The number of urea groups is 1. The van der Waals surface area contributed by atoms with E-state index < -0.39 is 34.5 Å². The Bertz CT molecular complexity index is 691. The maximum atomic E-state index is 14.0. The first kappa shape index (κ1) is 15.3. The summed E-state index contributed by atoms with van der Waals surface area (Å²) in [5, 5.41) is 2.06. The van der Waals surface area contributed by atoms with Gasteiger partial charge in [0.05, 0.1) is 23.8 Å². The van der Waals surface area contributed by atoms with Crippen LogP contribution >= 0.6 is 0 Å². The number of pyridine rings is 1. The van der Waals surface area contributed by atoms with Crippen molar-refractivity contribution in [2.24, 2.45) is 0 Å². The number of hydrogen-bond acceptors (Lipinski definition) is 6. The zero-order valence-corrected chi connectivity index (χ0v) is 11.8. The Morgan fingerprint density at radius 2 is 2.19 bits per heavy atom. The summed E-state index contributed by atoms with van der Waals surface area (Å²) in [4.78, 5) is 27.5. The third-order valence-corrected chi connectivity index (χ3v) is 3.20. The lowest BCUT2D eigenvalue weighted by molar-refractivity contribution is -0.120. The number of halogens is 1. The monoisotopic (exact) mass is 317 g/mol. The number of amides is 3. The zero-order valence-electron chi connectivity index (χ0n) is 11.0. The number of anilines is 1. The second kappa shape index (κ2) is 5.74. The predicted octanol–water partition coefficient (Wildman–Crippen LogP) is 0.143. The minimum absolute atomic E-state index is 0.0441. The zero-order chi connectivity index (χ0) is 15.6. The van der Waals surface area contributed by atoms with E-state index in [2.05, 4.69) is 14.5 Å². The van der Waals surface area contributed by atoms with E-state index in [-0.39, 0.29) is 24.3 Å². The Hall–Kier alpha value is -2.07. The molecule has 1 aromatic rings. The molecule has 1 N–H and O–H groups in total. The van der Waals surface area contributed by atoms with Gasteiger partial charge >= 0.3 is 6.03 Å². The van der Waals surface area contributed by atoms with Crippen LogP contribution in [-0.4, -0.2) is 38.1 Å². The quantitative estimate of drug-likeness (QED) is 0.792. The van der Waals surface area contributed by atoms with E-state index in [1.807, 2.05) is 0 Å². The van der Waals surface area contributed by atoms with Crippen LogP contribution in [0.2, 0.25) is 0 Å². The molecular formula is C11H12FN3O5S. The Morgan fingerprint density at radius 3 is 2.76 bits per heavy atom. The van der Waals surface area contributed by atoms with Crippen molar-refractivity contribution in [1.29, 1.82) is 0 Å². The van der Waals surface area contributed by atoms with E-state index in [9.17, 15) is 22.4 Å². The van der Waals surface area contributed by atoms with Gasteiger partial charge in [-0.1, -0.05) is 0 Å². The molecule has 21 heavy (non-hydrogen) atoms. The molecule has 0 unspecified atom stereocenters. The molecule has 2 heterocycles. The summed E-state index contributed by atoms with van der Waals surface area (Å²) >= 11 is 0. The number of imide groups is 1. The molecule has 2 rings (SSSR count). The molecule has 114 valence electrons. The molecule has 0 atom stereocenters. The van der Waals surface area contributed by atoms with Crippen LogP contribution in [0, 0.1) is 5.82 Å². The molecule has 1 saturated heterocycles. The average molecular weight is 317 g/mol. The summed E-state index contributed by atoms with van der Waals surface area (Å²) in [6.45, 7) is -0.358. The molecule has 0 aromatic carbocycles. The number of nitrogens with zero attached hydrogens (tertiary/aromatic N) is 2. The molecule has 0 radical (unpaired) electrons. The molecule has 0 bridgehead atoms. The molecule has 1 fully saturated rings. The van der Waals surface area contributed by atoms with Gasteiger partial charge in [-0.15, -0.1) is 0 Å². The van der Waals surface area contributed by atoms with Crippen molar-refractivity contribution in [3.63, 3.8) is 0 Å². The third-order valence-electron chi connectivity index (χ3n) is 2.66. The van der Waals surface area contributed by atoms with E-state index in [4.69, 9.17) is 0 Å². The second-order valence-electron chi connectivity index (χ2n) is 4.35. The van der Waals surface area contributed by atoms with Crippen LogP contribution in [0.3, 0.4) is 0 Å². The minimum atomic E-state index is -3.66. The maximum Gasteiger partial charge on any atom is 0.328 e. The van der Waals surface area contributed by atoms with Gasteiger partial charge in [-0.05, 0) is 6.07 Å². The first-order valence-corrected chi connectivity index (χ1v) is 7.68. The average Bonchev–Trinajstić information content (AvgIpc) is 2.37. The Balaban J connectivity index is 2.16. The number of carbonyl (C=O) groups excluding carboxylic acids is 2. The SMILES string of the molecule is CS(=O)(=O)OCc1cc(F)c(N2CCC(=O)NC2=O)cn1. The third kappa shape index (κ3) is 3.95. The van der Waals surface area contributed by atoms with E-state index in [1.165, 1.54) is 0 Å².